The number of likely N-dealkylation sites (tertiary alicyclic amines) is 1. The smallest absolute Gasteiger partial charge is 0.296 e. The topological polar surface area (TPSA) is 95.7 Å². The summed E-state index contributed by atoms with van der Waals surface area (Å²) in [6, 6.07) is 15.6. The van der Waals surface area contributed by atoms with E-state index in [4.69, 9.17) is 10.5 Å². The number of aromatic amines is 1. The number of fused-ring (bicyclic) bond motifs is 1. The molecule has 1 aliphatic rings. The molecule has 1 amide bonds. The molecule has 0 atom stereocenters. The van der Waals surface area contributed by atoms with Crippen LogP contribution in [0.3, 0.4) is 0 Å². The second kappa shape index (κ2) is 9.00. The van der Waals surface area contributed by atoms with Crippen molar-refractivity contribution in [3.63, 3.8) is 0 Å². The maximum atomic E-state index is 12.3. The molecule has 1 aliphatic heterocycles. The molecule has 3 aromatic rings. The fourth-order valence-corrected chi connectivity index (χ4v) is 3.77. The molecular formula is C23H27N5O2. The third kappa shape index (κ3) is 4.46. The van der Waals surface area contributed by atoms with Crippen molar-refractivity contribution in [3.05, 3.63) is 59.8 Å². The summed E-state index contributed by atoms with van der Waals surface area (Å²) in [4.78, 5) is 21.8. The molecule has 0 bridgehead atoms. The van der Waals surface area contributed by atoms with Crippen LogP contribution in [0.15, 0.2) is 53.5 Å². The Morgan fingerprint density at radius 2 is 1.90 bits per heavy atom. The molecule has 7 nitrogen and oxygen atoms in total. The molecule has 1 fully saturated rings. The first kappa shape index (κ1) is 20.0. The Balaban J connectivity index is 1.61. The fourth-order valence-electron chi connectivity index (χ4n) is 3.77. The quantitative estimate of drug-likeness (QED) is 0.445. The van der Waals surface area contributed by atoms with Crippen LogP contribution in [0.2, 0.25) is 0 Å². The average Bonchev–Trinajstić information content (AvgIpc) is 3.21. The van der Waals surface area contributed by atoms with Crippen molar-refractivity contribution < 1.29 is 9.53 Å². The van der Waals surface area contributed by atoms with Gasteiger partial charge in [-0.3, -0.25) is 9.69 Å². The van der Waals surface area contributed by atoms with Crippen molar-refractivity contribution in [2.75, 3.05) is 20.1 Å². The number of para-hydroxylation sites is 2. The van der Waals surface area contributed by atoms with Crippen LogP contribution < -0.4 is 15.8 Å². The van der Waals surface area contributed by atoms with Gasteiger partial charge in [0, 0.05) is 24.5 Å². The van der Waals surface area contributed by atoms with E-state index in [1.807, 2.05) is 36.4 Å². The molecule has 4 rings (SSSR count). The zero-order chi connectivity index (χ0) is 20.9. The number of hydrogen-bond donors (Lipinski definition) is 3. The Labute approximate surface area is 175 Å². The summed E-state index contributed by atoms with van der Waals surface area (Å²) in [7, 11) is 1.62. The van der Waals surface area contributed by atoms with Gasteiger partial charge >= 0.3 is 0 Å². The molecule has 1 saturated heterocycles. The van der Waals surface area contributed by atoms with E-state index in [-0.39, 0.29) is 5.96 Å². The zero-order valence-electron chi connectivity index (χ0n) is 17.1. The second-order valence-electron chi connectivity index (χ2n) is 7.50. The Kier molecular flexibility index (Phi) is 5.99. The van der Waals surface area contributed by atoms with Gasteiger partial charge in [-0.2, -0.15) is 4.99 Å². The number of aromatic nitrogens is 1. The molecule has 0 saturated carbocycles. The Morgan fingerprint density at radius 3 is 2.70 bits per heavy atom. The summed E-state index contributed by atoms with van der Waals surface area (Å²) in [5.41, 5.74) is 7.88. The molecule has 156 valence electrons. The maximum absolute atomic E-state index is 12.3. The van der Waals surface area contributed by atoms with E-state index in [2.05, 4.69) is 26.3 Å². The summed E-state index contributed by atoms with van der Waals surface area (Å²) < 4.78 is 6.32. The largest absolute Gasteiger partial charge is 0.455 e. The van der Waals surface area contributed by atoms with E-state index >= 15 is 0 Å². The minimum atomic E-state index is -0.436. The fraction of sp³-hybridized carbons (Fsp3) is 0.304. The van der Waals surface area contributed by atoms with Gasteiger partial charge in [-0.1, -0.05) is 36.8 Å². The molecule has 0 spiro atoms. The molecule has 2 heterocycles. The van der Waals surface area contributed by atoms with Gasteiger partial charge in [0.05, 0.1) is 5.52 Å². The number of hydrogen-bond acceptors (Lipinski definition) is 3. The lowest BCUT2D eigenvalue weighted by atomic mass is 10.1. The van der Waals surface area contributed by atoms with E-state index in [1.165, 1.54) is 19.3 Å². The number of benzene rings is 2. The number of carbonyl (C=O) groups is 1. The van der Waals surface area contributed by atoms with Gasteiger partial charge in [-0.05, 0) is 44.1 Å². The first-order chi connectivity index (χ1) is 14.6. The van der Waals surface area contributed by atoms with Gasteiger partial charge in [0.25, 0.3) is 5.91 Å². The molecule has 30 heavy (non-hydrogen) atoms. The number of ether oxygens (including phenoxy) is 1. The van der Waals surface area contributed by atoms with Crippen LogP contribution in [-0.2, 0) is 6.54 Å². The van der Waals surface area contributed by atoms with Gasteiger partial charge in [-0.25, -0.2) is 0 Å². The molecule has 2 aromatic carbocycles. The number of rotatable bonds is 5. The molecule has 0 unspecified atom stereocenters. The highest BCUT2D eigenvalue weighted by Gasteiger charge is 2.16. The average molecular weight is 406 g/mol. The van der Waals surface area contributed by atoms with Crippen molar-refractivity contribution >= 4 is 22.8 Å². The molecule has 0 aliphatic carbocycles. The number of nitrogens with two attached hydrogens (primary N) is 1. The maximum Gasteiger partial charge on any atom is 0.296 e. The van der Waals surface area contributed by atoms with Crippen molar-refractivity contribution in [1.29, 1.82) is 0 Å². The number of amides is 1. The number of piperidine rings is 1. The van der Waals surface area contributed by atoms with Gasteiger partial charge in [0.2, 0.25) is 0 Å². The minimum absolute atomic E-state index is 0.0711. The molecule has 7 heteroatoms. The van der Waals surface area contributed by atoms with E-state index in [1.54, 1.807) is 13.1 Å². The third-order valence-corrected chi connectivity index (χ3v) is 5.36. The Hall–Kier alpha value is -3.32. The van der Waals surface area contributed by atoms with Crippen molar-refractivity contribution in [1.82, 2.24) is 15.2 Å². The van der Waals surface area contributed by atoms with Crippen molar-refractivity contribution in [2.24, 2.45) is 10.7 Å². The van der Waals surface area contributed by atoms with Gasteiger partial charge in [-0.15, -0.1) is 0 Å². The minimum Gasteiger partial charge on any atom is -0.455 e. The third-order valence-electron chi connectivity index (χ3n) is 5.36. The number of H-pyrrole nitrogens is 1. The van der Waals surface area contributed by atoms with Crippen LogP contribution >= 0.6 is 0 Å². The summed E-state index contributed by atoms with van der Waals surface area (Å²) in [5, 5.41) is 3.52. The van der Waals surface area contributed by atoms with Crippen LogP contribution in [0.1, 0.15) is 35.3 Å². The molecular weight excluding hydrogens is 378 g/mol. The lowest BCUT2D eigenvalue weighted by Gasteiger charge is -2.27. The lowest BCUT2D eigenvalue weighted by molar-refractivity contribution is 0.0998. The molecule has 0 radical (unpaired) electrons. The van der Waals surface area contributed by atoms with Crippen LogP contribution in [0.4, 0.5) is 0 Å². The summed E-state index contributed by atoms with van der Waals surface area (Å²) in [6.07, 6.45) is 3.82. The lowest BCUT2D eigenvalue weighted by Crippen LogP contribution is -2.29. The first-order valence-corrected chi connectivity index (χ1v) is 10.3. The van der Waals surface area contributed by atoms with E-state index in [0.717, 1.165) is 41.9 Å². The highest BCUT2D eigenvalue weighted by atomic mass is 16.5. The SMILES string of the molecule is CNC(N)=NC(=O)c1cc2cccc(Oc3ccccc3CN3CCCCC3)c2[nH]1. The number of nitrogens with zero attached hydrogens (tertiary/aromatic N) is 2. The standard InChI is InChI=1S/C23H27N5O2/c1-25-23(24)27-22(29)18-14-16-9-7-11-20(21(16)26-18)30-19-10-4-3-8-17(19)15-28-12-5-2-6-13-28/h3-4,7-11,14,26H,2,5-6,12-13,15H2,1H3,(H3,24,25,27,29). The van der Waals surface area contributed by atoms with E-state index in [9.17, 15) is 4.79 Å². The Morgan fingerprint density at radius 1 is 1.13 bits per heavy atom. The first-order valence-electron chi connectivity index (χ1n) is 10.3. The van der Waals surface area contributed by atoms with Crippen molar-refractivity contribution in [3.8, 4) is 11.5 Å². The van der Waals surface area contributed by atoms with Crippen LogP contribution in [0.25, 0.3) is 10.9 Å². The van der Waals surface area contributed by atoms with Crippen molar-refractivity contribution in [2.45, 2.75) is 25.8 Å². The Bertz CT molecular complexity index is 1070. The summed E-state index contributed by atoms with van der Waals surface area (Å²) in [5.74, 6) is 1.13. The van der Waals surface area contributed by atoms with Crippen LogP contribution in [-0.4, -0.2) is 41.9 Å². The normalized spacial score (nSPS) is 15.3. The molecule has 1 aromatic heterocycles. The van der Waals surface area contributed by atoms with Gasteiger partial charge < -0.3 is 20.8 Å². The molecule has 4 N–H and O–H groups in total. The number of nitrogens with one attached hydrogen (secondary N) is 2. The number of guanidine groups is 1. The monoisotopic (exact) mass is 405 g/mol. The number of carbonyl (C=O) groups excluding carboxylic acids is 1. The zero-order valence-corrected chi connectivity index (χ0v) is 17.1. The van der Waals surface area contributed by atoms with Crippen LogP contribution in [0.5, 0.6) is 11.5 Å². The second-order valence-corrected chi connectivity index (χ2v) is 7.50. The number of aliphatic imine (C=N–C) groups is 1. The summed E-state index contributed by atoms with van der Waals surface area (Å²) >= 11 is 0. The van der Waals surface area contributed by atoms with Gasteiger partial charge in [0.1, 0.15) is 11.4 Å². The van der Waals surface area contributed by atoms with Crippen LogP contribution in [0, 0.1) is 0 Å². The van der Waals surface area contributed by atoms with Gasteiger partial charge in [0.15, 0.2) is 11.7 Å². The van der Waals surface area contributed by atoms with E-state index in [0.29, 0.717) is 11.4 Å². The predicted molar refractivity (Wildman–Crippen MR) is 119 cm³/mol. The highest BCUT2D eigenvalue weighted by Crippen LogP contribution is 2.32. The highest BCUT2D eigenvalue weighted by molar-refractivity contribution is 6.04. The summed E-state index contributed by atoms with van der Waals surface area (Å²) in [6.45, 7) is 3.13. The predicted octanol–water partition coefficient (Wildman–Crippen LogP) is 3.62. The van der Waals surface area contributed by atoms with E-state index < -0.39 is 5.91 Å².